The third-order valence-corrected chi connectivity index (χ3v) is 4.94. The standard InChI is InChI=1S/C21H22ClN3O3/c1-24(2)12-3-13-25-18(14-8-10-23-11-9-14)17(20(27)21(25)28)19(26)15-4-6-16(22)7-5-15/h4-11,18,26H,3,12-13H2,1-2H3/b19-17+. The first-order valence-electron chi connectivity index (χ1n) is 8.99. The van der Waals surface area contributed by atoms with Gasteiger partial charge in [0.2, 0.25) is 0 Å². The Morgan fingerprint density at radius 2 is 1.79 bits per heavy atom. The molecule has 1 aliphatic rings. The Bertz CT molecular complexity index is 895. The molecule has 1 unspecified atom stereocenters. The number of carbonyl (C=O) groups is 2. The van der Waals surface area contributed by atoms with Crippen molar-refractivity contribution in [2.45, 2.75) is 12.5 Å². The zero-order valence-corrected chi connectivity index (χ0v) is 16.6. The van der Waals surface area contributed by atoms with Gasteiger partial charge in [-0.3, -0.25) is 14.6 Å². The summed E-state index contributed by atoms with van der Waals surface area (Å²) in [5.74, 6) is -1.48. The van der Waals surface area contributed by atoms with Gasteiger partial charge in [-0.2, -0.15) is 0 Å². The first-order chi connectivity index (χ1) is 13.4. The fraction of sp³-hybridized carbons (Fsp3) is 0.286. The molecular formula is C21H22ClN3O3. The summed E-state index contributed by atoms with van der Waals surface area (Å²) in [7, 11) is 3.91. The summed E-state index contributed by atoms with van der Waals surface area (Å²) in [4.78, 5) is 33.1. The van der Waals surface area contributed by atoms with Gasteiger partial charge in [0.15, 0.2) is 0 Å². The fourth-order valence-corrected chi connectivity index (χ4v) is 3.45. The number of ketones is 1. The Kier molecular flexibility index (Phi) is 6.11. The van der Waals surface area contributed by atoms with E-state index in [9.17, 15) is 14.7 Å². The van der Waals surface area contributed by atoms with Crippen molar-refractivity contribution in [1.29, 1.82) is 0 Å². The molecule has 0 radical (unpaired) electrons. The minimum absolute atomic E-state index is 0.0865. The quantitative estimate of drug-likeness (QED) is 0.459. The van der Waals surface area contributed by atoms with Crippen molar-refractivity contribution < 1.29 is 14.7 Å². The van der Waals surface area contributed by atoms with Crippen molar-refractivity contribution in [2.24, 2.45) is 0 Å². The van der Waals surface area contributed by atoms with E-state index in [1.54, 1.807) is 48.8 Å². The van der Waals surface area contributed by atoms with Crippen LogP contribution in [0.15, 0.2) is 54.4 Å². The van der Waals surface area contributed by atoms with Crippen molar-refractivity contribution in [3.8, 4) is 0 Å². The SMILES string of the molecule is CN(C)CCCN1C(=O)C(=O)/C(=C(/O)c2ccc(Cl)cc2)C1c1ccncc1. The highest BCUT2D eigenvalue weighted by molar-refractivity contribution is 6.46. The summed E-state index contributed by atoms with van der Waals surface area (Å²) in [5, 5.41) is 11.4. The number of hydrogen-bond acceptors (Lipinski definition) is 5. The molecule has 1 aromatic carbocycles. The van der Waals surface area contributed by atoms with Crippen LogP contribution >= 0.6 is 11.6 Å². The fourth-order valence-electron chi connectivity index (χ4n) is 3.32. The summed E-state index contributed by atoms with van der Waals surface area (Å²) < 4.78 is 0. The first kappa shape index (κ1) is 20.0. The number of hydrogen-bond donors (Lipinski definition) is 1. The molecule has 7 heteroatoms. The van der Waals surface area contributed by atoms with E-state index in [-0.39, 0.29) is 11.3 Å². The highest BCUT2D eigenvalue weighted by Gasteiger charge is 2.45. The van der Waals surface area contributed by atoms with E-state index >= 15 is 0 Å². The van der Waals surface area contributed by atoms with Crippen LogP contribution in [0.1, 0.15) is 23.6 Å². The molecule has 28 heavy (non-hydrogen) atoms. The molecular weight excluding hydrogens is 378 g/mol. The van der Waals surface area contributed by atoms with Crippen LogP contribution in [0.2, 0.25) is 5.02 Å². The van der Waals surface area contributed by atoms with Crippen LogP contribution in [-0.2, 0) is 9.59 Å². The molecule has 146 valence electrons. The summed E-state index contributed by atoms with van der Waals surface area (Å²) in [6, 6.07) is 9.37. The molecule has 1 aliphatic heterocycles. The number of aliphatic hydroxyl groups excluding tert-OH is 1. The van der Waals surface area contributed by atoms with Gasteiger partial charge >= 0.3 is 0 Å². The lowest BCUT2D eigenvalue weighted by molar-refractivity contribution is -0.139. The zero-order valence-electron chi connectivity index (χ0n) is 15.8. The topological polar surface area (TPSA) is 73.7 Å². The number of aliphatic hydroxyl groups is 1. The van der Waals surface area contributed by atoms with E-state index in [2.05, 4.69) is 4.98 Å². The predicted octanol–water partition coefficient (Wildman–Crippen LogP) is 3.11. The molecule has 2 aromatic rings. The number of halogens is 1. The third kappa shape index (κ3) is 4.08. The molecule has 0 spiro atoms. The molecule has 1 N–H and O–H groups in total. The second-order valence-electron chi connectivity index (χ2n) is 6.94. The van der Waals surface area contributed by atoms with E-state index in [1.807, 2.05) is 19.0 Å². The summed E-state index contributed by atoms with van der Waals surface area (Å²) in [6.45, 7) is 1.19. The van der Waals surface area contributed by atoms with Gasteiger partial charge < -0.3 is 14.9 Å². The molecule has 2 heterocycles. The van der Waals surface area contributed by atoms with Gasteiger partial charge in [0.25, 0.3) is 11.7 Å². The van der Waals surface area contributed by atoms with E-state index in [1.165, 1.54) is 4.90 Å². The van der Waals surface area contributed by atoms with Crippen molar-refractivity contribution >= 4 is 29.1 Å². The van der Waals surface area contributed by atoms with E-state index < -0.39 is 17.7 Å². The Morgan fingerprint density at radius 3 is 2.39 bits per heavy atom. The largest absolute Gasteiger partial charge is 0.507 e. The van der Waals surface area contributed by atoms with Crippen LogP contribution in [0.3, 0.4) is 0 Å². The van der Waals surface area contributed by atoms with Crippen molar-refractivity contribution in [3.63, 3.8) is 0 Å². The molecule has 1 fully saturated rings. The monoisotopic (exact) mass is 399 g/mol. The number of pyridine rings is 1. The summed E-state index contributed by atoms with van der Waals surface area (Å²) in [5.41, 5.74) is 1.26. The summed E-state index contributed by atoms with van der Waals surface area (Å²) in [6.07, 6.45) is 3.93. The second-order valence-corrected chi connectivity index (χ2v) is 7.37. The smallest absolute Gasteiger partial charge is 0.295 e. The molecule has 6 nitrogen and oxygen atoms in total. The van der Waals surface area contributed by atoms with Gasteiger partial charge in [-0.15, -0.1) is 0 Å². The van der Waals surface area contributed by atoms with Gasteiger partial charge in [0.05, 0.1) is 11.6 Å². The van der Waals surface area contributed by atoms with Crippen LogP contribution in [0.4, 0.5) is 0 Å². The molecule has 3 rings (SSSR count). The highest BCUT2D eigenvalue weighted by atomic mass is 35.5. The minimum Gasteiger partial charge on any atom is -0.507 e. The number of nitrogens with zero attached hydrogens (tertiary/aromatic N) is 3. The lowest BCUT2D eigenvalue weighted by Crippen LogP contribution is -2.32. The number of likely N-dealkylation sites (tertiary alicyclic amines) is 1. The number of rotatable bonds is 6. The average Bonchev–Trinajstić information content (AvgIpc) is 2.93. The van der Waals surface area contributed by atoms with Crippen molar-refractivity contribution in [1.82, 2.24) is 14.8 Å². The third-order valence-electron chi connectivity index (χ3n) is 4.68. The molecule has 0 aliphatic carbocycles. The predicted molar refractivity (Wildman–Crippen MR) is 108 cm³/mol. The Labute approximate surface area is 169 Å². The van der Waals surface area contributed by atoms with Gasteiger partial charge in [0, 0.05) is 29.5 Å². The summed E-state index contributed by atoms with van der Waals surface area (Å²) >= 11 is 5.92. The van der Waals surface area contributed by atoms with Crippen molar-refractivity contribution in [3.05, 3.63) is 70.5 Å². The molecule has 1 amide bonds. The normalized spacial score (nSPS) is 18.9. The van der Waals surface area contributed by atoms with E-state index in [0.717, 1.165) is 12.1 Å². The van der Waals surface area contributed by atoms with Crippen LogP contribution in [0.25, 0.3) is 5.76 Å². The lowest BCUT2D eigenvalue weighted by atomic mass is 9.96. The lowest BCUT2D eigenvalue weighted by Gasteiger charge is -2.25. The molecule has 1 atom stereocenters. The van der Waals surface area contributed by atoms with Crippen molar-refractivity contribution in [2.75, 3.05) is 27.2 Å². The van der Waals surface area contributed by atoms with E-state index in [0.29, 0.717) is 23.6 Å². The minimum atomic E-state index is -0.681. The second kappa shape index (κ2) is 8.54. The van der Waals surface area contributed by atoms with Crippen LogP contribution in [-0.4, -0.2) is 58.8 Å². The highest BCUT2D eigenvalue weighted by Crippen LogP contribution is 2.39. The maximum absolute atomic E-state index is 12.8. The Morgan fingerprint density at radius 1 is 1.14 bits per heavy atom. The van der Waals surface area contributed by atoms with Crippen LogP contribution in [0, 0.1) is 0 Å². The number of benzene rings is 1. The number of aromatic nitrogens is 1. The maximum Gasteiger partial charge on any atom is 0.295 e. The van der Waals surface area contributed by atoms with Crippen LogP contribution in [0.5, 0.6) is 0 Å². The van der Waals surface area contributed by atoms with Gasteiger partial charge in [-0.1, -0.05) is 11.6 Å². The Hall–Kier alpha value is -2.70. The van der Waals surface area contributed by atoms with Gasteiger partial charge in [-0.25, -0.2) is 0 Å². The first-order valence-corrected chi connectivity index (χ1v) is 9.37. The molecule has 1 saturated heterocycles. The maximum atomic E-state index is 12.8. The average molecular weight is 400 g/mol. The Balaban J connectivity index is 2.06. The van der Waals surface area contributed by atoms with Gasteiger partial charge in [-0.05, 0) is 69.0 Å². The van der Waals surface area contributed by atoms with Crippen LogP contribution < -0.4 is 0 Å². The number of carbonyl (C=O) groups excluding carboxylic acids is 2. The zero-order chi connectivity index (χ0) is 20.3. The molecule has 0 bridgehead atoms. The number of amides is 1. The molecule has 0 saturated carbocycles. The van der Waals surface area contributed by atoms with E-state index in [4.69, 9.17) is 11.6 Å². The van der Waals surface area contributed by atoms with Gasteiger partial charge in [0.1, 0.15) is 5.76 Å². The number of Topliss-reactive ketones (excluding diaryl/α,β-unsaturated/α-hetero) is 1. The molecule has 1 aromatic heterocycles.